The molecule has 3 aromatic rings. The van der Waals surface area contributed by atoms with Gasteiger partial charge in [0.05, 0.1) is 12.0 Å². The standard InChI is InChI=1S/C32H35N3O8/c1-31(2,3)42-29(39)34-28(35-30(40)43-32(4,5)6)33-23-15-12-21(13-16-23)27(38)41-24-17-14-22(18-26(36)37)25(19-24)20-10-8-7-9-11-20/h7-17,19H,18H2,1-6H3,(H,36,37)(H2,33,34,35,39,40). The summed E-state index contributed by atoms with van der Waals surface area (Å²) >= 11 is 0. The topological polar surface area (TPSA) is 153 Å². The van der Waals surface area contributed by atoms with Crippen molar-refractivity contribution in [1.29, 1.82) is 0 Å². The van der Waals surface area contributed by atoms with Crippen molar-refractivity contribution in [2.45, 2.75) is 59.2 Å². The molecular weight excluding hydrogens is 554 g/mol. The smallest absolute Gasteiger partial charge is 0.437 e. The zero-order valence-corrected chi connectivity index (χ0v) is 24.9. The molecule has 0 saturated carbocycles. The van der Waals surface area contributed by atoms with Crippen LogP contribution in [0.25, 0.3) is 11.1 Å². The molecule has 3 aromatic carbocycles. The number of carboxylic acids is 1. The first-order chi connectivity index (χ1) is 20.1. The van der Waals surface area contributed by atoms with Crippen molar-refractivity contribution in [1.82, 2.24) is 5.32 Å². The van der Waals surface area contributed by atoms with Crippen molar-refractivity contribution in [2.75, 3.05) is 5.32 Å². The Labute approximate surface area is 249 Å². The Hall–Kier alpha value is -5.19. The van der Waals surface area contributed by atoms with E-state index in [1.807, 2.05) is 30.3 Å². The van der Waals surface area contributed by atoms with E-state index in [-0.39, 0.29) is 23.7 Å². The summed E-state index contributed by atoms with van der Waals surface area (Å²) in [5, 5.41) is 14.5. The highest BCUT2D eigenvalue weighted by Crippen LogP contribution is 2.29. The largest absolute Gasteiger partial charge is 0.481 e. The number of nitrogens with one attached hydrogen (secondary N) is 2. The fourth-order valence-electron chi connectivity index (χ4n) is 3.68. The first-order valence-corrected chi connectivity index (χ1v) is 13.4. The minimum Gasteiger partial charge on any atom is -0.481 e. The van der Waals surface area contributed by atoms with E-state index >= 15 is 0 Å². The maximum atomic E-state index is 12.9. The molecule has 2 amide bonds. The fourth-order valence-corrected chi connectivity index (χ4v) is 3.68. The molecule has 0 aromatic heterocycles. The molecule has 0 fully saturated rings. The highest BCUT2D eigenvalue weighted by Gasteiger charge is 2.21. The van der Waals surface area contributed by atoms with Crippen LogP contribution >= 0.6 is 0 Å². The molecule has 0 saturated heterocycles. The van der Waals surface area contributed by atoms with Crippen molar-refractivity contribution in [3.63, 3.8) is 0 Å². The quantitative estimate of drug-likeness (QED) is 0.128. The second-order valence-electron chi connectivity index (χ2n) is 11.4. The predicted octanol–water partition coefficient (Wildman–Crippen LogP) is 6.43. The van der Waals surface area contributed by atoms with Gasteiger partial charge in [0.1, 0.15) is 17.0 Å². The van der Waals surface area contributed by atoms with Crippen LogP contribution in [-0.4, -0.2) is 46.4 Å². The van der Waals surface area contributed by atoms with Gasteiger partial charge in [-0.2, -0.15) is 0 Å². The van der Waals surface area contributed by atoms with Gasteiger partial charge in [0.15, 0.2) is 0 Å². The minimum atomic E-state index is -0.976. The van der Waals surface area contributed by atoms with E-state index in [0.717, 1.165) is 5.56 Å². The van der Waals surface area contributed by atoms with Crippen LogP contribution in [0.5, 0.6) is 5.75 Å². The summed E-state index contributed by atoms with van der Waals surface area (Å²) in [5.41, 5.74) is 1.02. The number of carbonyl (C=O) groups excluding carboxylic acids is 3. The number of esters is 1. The Morgan fingerprint density at radius 3 is 2.02 bits per heavy atom. The van der Waals surface area contributed by atoms with Crippen molar-refractivity contribution in [3.8, 4) is 16.9 Å². The molecule has 0 aliphatic carbocycles. The normalized spacial score (nSPS) is 11.7. The van der Waals surface area contributed by atoms with Crippen LogP contribution in [0, 0.1) is 0 Å². The number of aliphatic imine (C=N–C) groups is 1. The molecule has 0 aliphatic rings. The number of aliphatic carboxylic acids is 1. The number of carboxylic acid groups (broad SMARTS) is 1. The highest BCUT2D eigenvalue weighted by molar-refractivity contribution is 6.06. The van der Waals surface area contributed by atoms with E-state index in [0.29, 0.717) is 16.8 Å². The zero-order valence-electron chi connectivity index (χ0n) is 24.9. The Balaban J connectivity index is 1.77. The van der Waals surface area contributed by atoms with Gasteiger partial charge in [-0.15, -0.1) is 4.99 Å². The number of benzene rings is 3. The van der Waals surface area contributed by atoms with Gasteiger partial charge in [0.2, 0.25) is 5.96 Å². The van der Waals surface area contributed by atoms with Gasteiger partial charge >= 0.3 is 24.1 Å². The molecule has 11 nitrogen and oxygen atoms in total. The lowest BCUT2D eigenvalue weighted by Crippen LogP contribution is -2.40. The van der Waals surface area contributed by atoms with Gasteiger partial charge in [-0.1, -0.05) is 36.4 Å². The zero-order chi connectivity index (χ0) is 31.8. The third kappa shape index (κ3) is 11.0. The molecule has 11 heteroatoms. The average Bonchev–Trinajstić information content (AvgIpc) is 2.88. The first-order valence-electron chi connectivity index (χ1n) is 13.4. The molecule has 226 valence electrons. The summed E-state index contributed by atoms with van der Waals surface area (Å²) in [5.74, 6) is -1.62. The molecule has 0 bridgehead atoms. The molecule has 43 heavy (non-hydrogen) atoms. The monoisotopic (exact) mass is 589 g/mol. The van der Waals surface area contributed by atoms with Crippen molar-refractivity contribution in [2.24, 2.45) is 4.99 Å². The lowest BCUT2D eigenvalue weighted by molar-refractivity contribution is -0.136. The third-order valence-electron chi connectivity index (χ3n) is 5.32. The highest BCUT2D eigenvalue weighted by atomic mass is 16.6. The molecule has 3 rings (SSSR count). The van der Waals surface area contributed by atoms with Gasteiger partial charge in [0, 0.05) is 5.69 Å². The summed E-state index contributed by atoms with van der Waals surface area (Å²) in [6, 6.07) is 20.0. The van der Waals surface area contributed by atoms with Crippen LogP contribution < -0.4 is 15.4 Å². The van der Waals surface area contributed by atoms with Gasteiger partial charge < -0.3 is 24.6 Å². The third-order valence-corrected chi connectivity index (χ3v) is 5.32. The number of hydrogen-bond donors (Lipinski definition) is 3. The molecular formula is C32H35N3O8. The van der Waals surface area contributed by atoms with Crippen molar-refractivity contribution >= 4 is 35.8 Å². The molecule has 3 N–H and O–H groups in total. The van der Waals surface area contributed by atoms with E-state index < -0.39 is 35.3 Å². The lowest BCUT2D eigenvalue weighted by atomic mass is 9.97. The SMILES string of the molecule is CC(C)(C)OC(=O)/N=C(\NC(=O)OC(C)(C)C)Nc1ccc(C(=O)Oc2ccc(CC(=O)O)c(-c3ccccc3)c2)cc1. The van der Waals surface area contributed by atoms with Crippen molar-refractivity contribution < 1.29 is 38.5 Å². The molecule has 0 heterocycles. The second kappa shape index (κ2) is 13.6. The Morgan fingerprint density at radius 1 is 0.814 bits per heavy atom. The maximum Gasteiger partial charge on any atom is 0.437 e. The van der Waals surface area contributed by atoms with E-state index in [1.165, 1.54) is 24.3 Å². The Morgan fingerprint density at radius 2 is 1.44 bits per heavy atom. The lowest BCUT2D eigenvalue weighted by Gasteiger charge is -2.21. The van der Waals surface area contributed by atoms with Crippen LogP contribution in [0.2, 0.25) is 0 Å². The number of ether oxygens (including phenoxy) is 3. The van der Waals surface area contributed by atoms with Gasteiger partial charge in [-0.3, -0.25) is 10.1 Å². The van der Waals surface area contributed by atoms with Crippen LogP contribution in [0.3, 0.4) is 0 Å². The van der Waals surface area contributed by atoms with Crippen LogP contribution in [0.15, 0.2) is 77.8 Å². The van der Waals surface area contributed by atoms with Crippen LogP contribution in [0.1, 0.15) is 57.5 Å². The maximum absolute atomic E-state index is 12.9. The number of alkyl carbamates (subject to hydrolysis) is 1. The summed E-state index contributed by atoms with van der Waals surface area (Å²) in [6.07, 6.45) is -1.96. The molecule has 0 spiro atoms. The van der Waals surface area contributed by atoms with E-state index in [1.54, 1.807) is 59.7 Å². The van der Waals surface area contributed by atoms with E-state index in [9.17, 15) is 24.3 Å². The van der Waals surface area contributed by atoms with Gasteiger partial charge in [-0.05, 0) is 94.6 Å². The number of anilines is 1. The second-order valence-corrected chi connectivity index (χ2v) is 11.4. The fraction of sp³-hybridized carbons (Fsp3) is 0.281. The summed E-state index contributed by atoms with van der Waals surface area (Å²) < 4.78 is 16.0. The van der Waals surface area contributed by atoms with E-state index in [4.69, 9.17) is 14.2 Å². The molecule has 0 radical (unpaired) electrons. The summed E-state index contributed by atoms with van der Waals surface area (Å²) in [7, 11) is 0. The first kappa shape index (κ1) is 32.3. The van der Waals surface area contributed by atoms with Crippen molar-refractivity contribution in [3.05, 3.63) is 83.9 Å². The average molecular weight is 590 g/mol. The number of nitrogens with zero attached hydrogens (tertiary/aromatic N) is 1. The number of carbonyl (C=O) groups is 4. The Bertz CT molecular complexity index is 1500. The number of rotatable bonds is 6. The van der Waals surface area contributed by atoms with Crippen LogP contribution in [-0.2, 0) is 20.7 Å². The predicted molar refractivity (Wildman–Crippen MR) is 161 cm³/mol. The molecule has 0 atom stereocenters. The van der Waals surface area contributed by atoms with Crippen LogP contribution in [0.4, 0.5) is 15.3 Å². The minimum absolute atomic E-state index is 0.186. The van der Waals surface area contributed by atoms with E-state index in [2.05, 4.69) is 15.6 Å². The number of amides is 2. The van der Waals surface area contributed by atoms with Gasteiger partial charge in [0.25, 0.3) is 0 Å². The number of hydrogen-bond acceptors (Lipinski definition) is 7. The molecule has 0 unspecified atom stereocenters. The Kier molecular flexibility index (Phi) is 10.3. The summed E-state index contributed by atoms with van der Waals surface area (Å²) in [4.78, 5) is 52.7. The van der Waals surface area contributed by atoms with Gasteiger partial charge in [-0.25, -0.2) is 14.4 Å². The molecule has 0 aliphatic heterocycles. The summed E-state index contributed by atoms with van der Waals surface area (Å²) in [6.45, 7) is 10.1. The number of guanidine groups is 1.